The van der Waals surface area contributed by atoms with Crippen molar-refractivity contribution >= 4 is 26.8 Å². The minimum absolute atomic E-state index is 0.0944. The van der Waals surface area contributed by atoms with E-state index in [0.717, 1.165) is 25.5 Å². The van der Waals surface area contributed by atoms with Crippen molar-refractivity contribution in [2.45, 2.75) is 121 Å². The SMILES string of the molecule is CC[C@@H](OCOCC[Si](C)(C)C)[C@H]1C[C@H]2O[C@H]2C[C@H](O)[C@H](CCO[Si](c2ccccc2)(c2ccccc2)C(C)(C)C)O1. The van der Waals surface area contributed by atoms with Crippen LogP contribution in [-0.2, 0) is 23.4 Å². The molecule has 0 unspecified atom stereocenters. The Morgan fingerprint density at radius 1 is 0.881 bits per heavy atom. The van der Waals surface area contributed by atoms with Crippen molar-refractivity contribution in [2.75, 3.05) is 20.0 Å². The molecule has 1 N–H and O–H groups in total. The molecular weight excluding hydrogens is 561 g/mol. The largest absolute Gasteiger partial charge is 0.407 e. The normalized spacial score (nSPS) is 25.8. The van der Waals surface area contributed by atoms with Gasteiger partial charge >= 0.3 is 0 Å². The van der Waals surface area contributed by atoms with E-state index in [1.807, 2.05) is 0 Å². The first-order valence-electron chi connectivity index (χ1n) is 15.9. The van der Waals surface area contributed by atoms with Gasteiger partial charge in [0.1, 0.15) is 6.79 Å². The van der Waals surface area contributed by atoms with Gasteiger partial charge in [-0.2, -0.15) is 0 Å². The Bertz CT molecular complexity index is 1030. The van der Waals surface area contributed by atoms with Crippen LogP contribution in [0.4, 0.5) is 0 Å². The molecule has 0 amide bonds. The van der Waals surface area contributed by atoms with Crippen LogP contribution in [0.25, 0.3) is 0 Å². The summed E-state index contributed by atoms with van der Waals surface area (Å²) in [5.41, 5.74) is 0. The predicted octanol–water partition coefficient (Wildman–Crippen LogP) is 5.74. The lowest BCUT2D eigenvalue weighted by Gasteiger charge is -2.43. The van der Waals surface area contributed by atoms with Gasteiger partial charge in [-0.25, -0.2) is 0 Å². The molecule has 8 heteroatoms. The number of hydrogen-bond donors (Lipinski definition) is 1. The molecule has 0 bridgehead atoms. The Morgan fingerprint density at radius 2 is 1.48 bits per heavy atom. The highest BCUT2D eigenvalue weighted by molar-refractivity contribution is 6.99. The van der Waals surface area contributed by atoms with Gasteiger partial charge < -0.3 is 28.5 Å². The second kappa shape index (κ2) is 14.6. The van der Waals surface area contributed by atoms with Gasteiger partial charge in [0.05, 0.1) is 36.6 Å². The van der Waals surface area contributed by atoms with Crippen LogP contribution >= 0.6 is 0 Å². The summed E-state index contributed by atoms with van der Waals surface area (Å²) in [5.74, 6) is 0. The maximum absolute atomic E-state index is 11.3. The first-order chi connectivity index (χ1) is 19.9. The lowest BCUT2D eigenvalue weighted by Crippen LogP contribution is -2.66. The van der Waals surface area contributed by atoms with Crippen molar-refractivity contribution in [3.63, 3.8) is 0 Å². The zero-order valence-electron chi connectivity index (χ0n) is 26.9. The van der Waals surface area contributed by atoms with Crippen molar-refractivity contribution in [3.05, 3.63) is 60.7 Å². The van der Waals surface area contributed by atoms with Crippen LogP contribution in [0.1, 0.15) is 53.4 Å². The van der Waals surface area contributed by atoms with E-state index >= 15 is 0 Å². The Balaban J connectivity index is 1.47. The van der Waals surface area contributed by atoms with E-state index in [-0.39, 0.29) is 42.4 Å². The van der Waals surface area contributed by atoms with Gasteiger partial charge in [0, 0.05) is 34.1 Å². The van der Waals surface area contributed by atoms with Gasteiger partial charge in [-0.05, 0) is 34.3 Å². The second-order valence-corrected chi connectivity index (χ2v) is 24.1. The number of fused-ring (bicyclic) bond motifs is 1. The average molecular weight is 615 g/mol. The van der Waals surface area contributed by atoms with Crippen LogP contribution in [0.2, 0.25) is 30.7 Å². The molecule has 234 valence electrons. The molecular formula is C34H54O6Si2. The summed E-state index contributed by atoms with van der Waals surface area (Å²) in [5, 5.41) is 13.7. The first kappa shape index (κ1) is 33.5. The first-order valence-corrected chi connectivity index (χ1v) is 21.5. The van der Waals surface area contributed by atoms with E-state index in [1.54, 1.807) is 0 Å². The van der Waals surface area contributed by atoms with Gasteiger partial charge in [-0.15, -0.1) is 0 Å². The molecule has 2 aromatic carbocycles. The second-order valence-electron chi connectivity index (χ2n) is 14.2. The summed E-state index contributed by atoms with van der Waals surface area (Å²) in [6.07, 6.45) is 1.74. The molecule has 6 nitrogen and oxygen atoms in total. The van der Waals surface area contributed by atoms with E-state index in [1.165, 1.54) is 10.4 Å². The van der Waals surface area contributed by atoms with Crippen molar-refractivity contribution in [1.82, 2.24) is 0 Å². The Kier molecular flexibility index (Phi) is 11.7. The third kappa shape index (κ3) is 8.63. The van der Waals surface area contributed by atoms with Gasteiger partial charge in [-0.1, -0.05) is 108 Å². The van der Waals surface area contributed by atoms with Crippen LogP contribution in [0, 0.1) is 0 Å². The van der Waals surface area contributed by atoms with Crippen LogP contribution < -0.4 is 10.4 Å². The maximum Gasteiger partial charge on any atom is 0.261 e. The van der Waals surface area contributed by atoms with Crippen LogP contribution in [0.5, 0.6) is 0 Å². The predicted molar refractivity (Wildman–Crippen MR) is 175 cm³/mol. The van der Waals surface area contributed by atoms with Crippen LogP contribution in [-0.4, -0.2) is 78.1 Å². The molecule has 0 spiro atoms. The summed E-state index contributed by atoms with van der Waals surface area (Å²) in [4.78, 5) is 0. The molecule has 42 heavy (non-hydrogen) atoms. The lowest BCUT2D eigenvalue weighted by atomic mass is 9.97. The third-order valence-electron chi connectivity index (χ3n) is 8.72. The Labute approximate surface area is 256 Å². The number of aliphatic hydroxyl groups is 1. The van der Waals surface area contributed by atoms with Crippen molar-refractivity contribution in [2.24, 2.45) is 0 Å². The molecule has 0 aromatic heterocycles. The Hall–Kier alpha value is -1.37. The smallest absolute Gasteiger partial charge is 0.261 e. The van der Waals surface area contributed by atoms with E-state index < -0.39 is 22.5 Å². The summed E-state index contributed by atoms with van der Waals surface area (Å²) < 4.78 is 31.9. The topological polar surface area (TPSA) is 69.7 Å². The highest BCUT2D eigenvalue weighted by Gasteiger charge is 2.51. The standard InChI is InChI=1S/C34H54O6Si2/c1-8-29(37-25-36-21-22-41(5,6)7)32-24-33-31(40-33)23-28(35)30(39-32)19-20-38-42(34(2,3)4,26-15-11-9-12-16-26)27-17-13-10-14-18-27/h9-18,28-33,35H,8,19-25H2,1-7H3/t28-,29+,30-,31-,32+,33+/m0/s1. The fraction of sp³-hybridized carbons (Fsp3) is 0.647. The fourth-order valence-corrected chi connectivity index (χ4v) is 11.6. The molecule has 2 aromatic rings. The molecule has 0 saturated carbocycles. The van der Waals surface area contributed by atoms with Gasteiger partial charge in [-0.3, -0.25) is 0 Å². The van der Waals surface area contributed by atoms with Crippen molar-refractivity contribution in [1.29, 1.82) is 0 Å². The zero-order chi connectivity index (χ0) is 30.4. The monoisotopic (exact) mass is 614 g/mol. The van der Waals surface area contributed by atoms with Crippen molar-refractivity contribution < 1.29 is 28.5 Å². The summed E-state index contributed by atoms with van der Waals surface area (Å²) in [6, 6.07) is 22.5. The maximum atomic E-state index is 11.3. The van der Waals surface area contributed by atoms with Gasteiger partial charge in [0.2, 0.25) is 0 Å². The van der Waals surface area contributed by atoms with Gasteiger partial charge in [0.25, 0.3) is 8.32 Å². The number of hydrogen-bond acceptors (Lipinski definition) is 6. The number of epoxide rings is 1. The van der Waals surface area contributed by atoms with Gasteiger partial charge in [0.15, 0.2) is 0 Å². The number of rotatable bonds is 14. The minimum atomic E-state index is -2.67. The van der Waals surface area contributed by atoms with Crippen LogP contribution in [0.15, 0.2) is 60.7 Å². The molecule has 2 aliphatic heterocycles. The molecule has 0 radical (unpaired) electrons. The lowest BCUT2D eigenvalue weighted by molar-refractivity contribution is -0.171. The fourth-order valence-electron chi connectivity index (χ4n) is 6.23. The molecule has 2 aliphatic rings. The molecule has 6 atom stereocenters. The zero-order valence-corrected chi connectivity index (χ0v) is 28.9. The number of ether oxygens (including phenoxy) is 4. The average Bonchev–Trinajstić information content (AvgIpc) is 3.66. The van der Waals surface area contributed by atoms with E-state index in [2.05, 4.69) is 108 Å². The molecule has 4 rings (SSSR count). The molecule has 2 fully saturated rings. The van der Waals surface area contributed by atoms with Crippen molar-refractivity contribution in [3.8, 4) is 0 Å². The van der Waals surface area contributed by atoms with E-state index in [9.17, 15) is 5.11 Å². The Morgan fingerprint density at radius 3 is 2.02 bits per heavy atom. The van der Waals surface area contributed by atoms with E-state index in [4.69, 9.17) is 23.4 Å². The molecule has 2 heterocycles. The summed E-state index contributed by atoms with van der Waals surface area (Å²) in [7, 11) is -3.82. The summed E-state index contributed by atoms with van der Waals surface area (Å²) in [6.45, 7) is 17.5. The molecule has 0 aliphatic carbocycles. The number of aliphatic hydroxyl groups excluding tert-OH is 1. The number of benzene rings is 2. The third-order valence-corrected chi connectivity index (χ3v) is 15.5. The quantitative estimate of drug-likeness (QED) is 0.127. The molecule has 2 saturated heterocycles. The highest BCUT2D eigenvalue weighted by Crippen LogP contribution is 2.39. The van der Waals surface area contributed by atoms with Crippen LogP contribution in [0.3, 0.4) is 0 Å². The highest BCUT2D eigenvalue weighted by atomic mass is 28.4. The summed E-state index contributed by atoms with van der Waals surface area (Å²) >= 11 is 0. The van der Waals surface area contributed by atoms with E-state index in [0.29, 0.717) is 19.4 Å². The minimum Gasteiger partial charge on any atom is -0.407 e.